The lowest BCUT2D eigenvalue weighted by atomic mass is 10.0. The van der Waals surface area contributed by atoms with Crippen molar-refractivity contribution in [2.45, 2.75) is 45.6 Å². The molecular weight excluding hydrogens is 250 g/mol. The number of hydrogen-bond donors (Lipinski definition) is 1. The van der Waals surface area contributed by atoms with Crippen LogP contribution in [0.3, 0.4) is 0 Å². The van der Waals surface area contributed by atoms with Crippen LogP contribution >= 0.6 is 0 Å². The Balaban J connectivity index is 1.74. The molecule has 0 spiro atoms. The maximum absolute atomic E-state index is 5.94. The van der Waals surface area contributed by atoms with Crippen LogP contribution in [0.4, 0.5) is 0 Å². The molecule has 0 aromatic heterocycles. The van der Waals surface area contributed by atoms with Crippen molar-refractivity contribution in [3.05, 3.63) is 29.3 Å². The summed E-state index contributed by atoms with van der Waals surface area (Å²) in [5, 5.41) is 3.41. The number of benzene rings is 1. The Morgan fingerprint density at radius 3 is 2.95 bits per heavy atom. The summed E-state index contributed by atoms with van der Waals surface area (Å²) >= 11 is 0. The zero-order valence-corrected chi connectivity index (χ0v) is 12.9. The van der Waals surface area contributed by atoms with Gasteiger partial charge in [-0.2, -0.15) is 0 Å². The SMILES string of the molecule is Cc1ccc(C(C)C)c(OCCNCC2CCCO2)c1. The van der Waals surface area contributed by atoms with Crippen molar-refractivity contribution < 1.29 is 9.47 Å². The Morgan fingerprint density at radius 2 is 2.25 bits per heavy atom. The standard InChI is InChI=1S/C17H27NO2/c1-13(2)16-7-6-14(3)11-17(16)20-10-8-18-12-15-5-4-9-19-15/h6-7,11,13,15,18H,4-5,8-10,12H2,1-3H3. The van der Waals surface area contributed by atoms with Crippen LogP contribution in [-0.2, 0) is 4.74 Å². The molecule has 2 rings (SSSR count). The van der Waals surface area contributed by atoms with Crippen LogP contribution in [0.2, 0.25) is 0 Å². The largest absolute Gasteiger partial charge is 0.492 e. The average molecular weight is 277 g/mol. The molecule has 1 atom stereocenters. The third kappa shape index (κ3) is 4.50. The molecule has 3 nitrogen and oxygen atoms in total. The Labute approximate surface area is 122 Å². The smallest absolute Gasteiger partial charge is 0.123 e. The van der Waals surface area contributed by atoms with Crippen LogP contribution < -0.4 is 10.1 Å². The molecule has 0 amide bonds. The molecule has 1 aromatic carbocycles. The summed E-state index contributed by atoms with van der Waals surface area (Å²) in [7, 11) is 0. The molecule has 1 fully saturated rings. The van der Waals surface area contributed by atoms with Gasteiger partial charge < -0.3 is 14.8 Å². The summed E-state index contributed by atoms with van der Waals surface area (Å²) in [5.41, 5.74) is 2.53. The third-order valence-electron chi connectivity index (χ3n) is 3.72. The van der Waals surface area contributed by atoms with E-state index in [4.69, 9.17) is 9.47 Å². The van der Waals surface area contributed by atoms with E-state index in [-0.39, 0.29) is 0 Å². The molecule has 0 saturated carbocycles. The molecule has 1 saturated heterocycles. The van der Waals surface area contributed by atoms with Gasteiger partial charge in [-0.1, -0.05) is 26.0 Å². The normalized spacial score (nSPS) is 18.7. The average Bonchev–Trinajstić information content (AvgIpc) is 2.91. The zero-order chi connectivity index (χ0) is 14.4. The van der Waals surface area contributed by atoms with Crippen molar-refractivity contribution in [3.8, 4) is 5.75 Å². The number of aryl methyl sites for hydroxylation is 1. The molecule has 1 aromatic rings. The molecule has 1 N–H and O–H groups in total. The molecule has 1 heterocycles. The second kappa shape index (κ2) is 7.65. The van der Waals surface area contributed by atoms with Gasteiger partial charge in [0.15, 0.2) is 0 Å². The van der Waals surface area contributed by atoms with Gasteiger partial charge in [-0.15, -0.1) is 0 Å². The summed E-state index contributed by atoms with van der Waals surface area (Å²) < 4.78 is 11.5. The predicted octanol–water partition coefficient (Wildman–Crippen LogP) is 3.27. The van der Waals surface area contributed by atoms with E-state index in [9.17, 15) is 0 Å². The van der Waals surface area contributed by atoms with Gasteiger partial charge in [0, 0.05) is 19.7 Å². The molecule has 0 radical (unpaired) electrons. The Morgan fingerprint density at radius 1 is 1.40 bits per heavy atom. The summed E-state index contributed by atoms with van der Waals surface area (Å²) in [5.74, 6) is 1.52. The van der Waals surface area contributed by atoms with Crippen molar-refractivity contribution in [1.29, 1.82) is 0 Å². The van der Waals surface area contributed by atoms with Gasteiger partial charge in [-0.05, 0) is 42.9 Å². The first kappa shape index (κ1) is 15.3. The number of nitrogens with one attached hydrogen (secondary N) is 1. The fraction of sp³-hybridized carbons (Fsp3) is 0.647. The predicted molar refractivity (Wildman–Crippen MR) is 82.6 cm³/mol. The van der Waals surface area contributed by atoms with Gasteiger partial charge in [0.2, 0.25) is 0 Å². The molecule has 112 valence electrons. The van der Waals surface area contributed by atoms with Gasteiger partial charge in [-0.25, -0.2) is 0 Å². The first-order chi connectivity index (χ1) is 9.66. The highest BCUT2D eigenvalue weighted by Crippen LogP contribution is 2.27. The van der Waals surface area contributed by atoms with Gasteiger partial charge in [0.1, 0.15) is 12.4 Å². The van der Waals surface area contributed by atoms with Gasteiger partial charge in [0.05, 0.1) is 6.10 Å². The molecule has 0 aliphatic carbocycles. The van der Waals surface area contributed by atoms with E-state index in [0.717, 1.165) is 25.4 Å². The lowest BCUT2D eigenvalue weighted by Gasteiger charge is -2.16. The molecule has 1 aliphatic rings. The molecule has 1 unspecified atom stereocenters. The number of rotatable bonds is 7. The van der Waals surface area contributed by atoms with Crippen LogP contribution in [0.1, 0.15) is 43.7 Å². The first-order valence-corrected chi connectivity index (χ1v) is 7.72. The molecular formula is C17H27NO2. The quantitative estimate of drug-likeness (QED) is 0.776. The van der Waals surface area contributed by atoms with E-state index in [1.165, 1.54) is 24.0 Å². The van der Waals surface area contributed by atoms with Crippen LogP contribution in [0.5, 0.6) is 5.75 Å². The third-order valence-corrected chi connectivity index (χ3v) is 3.72. The van der Waals surface area contributed by atoms with Crippen LogP contribution in [0.15, 0.2) is 18.2 Å². The van der Waals surface area contributed by atoms with E-state index in [0.29, 0.717) is 18.6 Å². The Kier molecular flexibility index (Phi) is 5.86. The van der Waals surface area contributed by atoms with E-state index >= 15 is 0 Å². The van der Waals surface area contributed by atoms with E-state index < -0.39 is 0 Å². The Hall–Kier alpha value is -1.06. The fourth-order valence-electron chi connectivity index (χ4n) is 2.55. The summed E-state index contributed by atoms with van der Waals surface area (Å²) in [6, 6.07) is 6.46. The maximum Gasteiger partial charge on any atom is 0.123 e. The lowest BCUT2D eigenvalue weighted by Crippen LogP contribution is -2.29. The van der Waals surface area contributed by atoms with Crippen molar-refractivity contribution in [3.63, 3.8) is 0 Å². The fourth-order valence-corrected chi connectivity index (χ4v) is 2.55. The highest BCUT2D eigenvalue weighted by atomic mass is 16.5. The van der Waals surface area contributed by atoms with Gasteiger partial charge in [-0.3, -0.25) is 0 Å². The van der Waals surface area contributed by atoms with Crippen molar-refractivity contribution in [1.82, 2.24) is 5.32 Å². The molecule has 0 bridgehead atoms. The van der Waals surface area contributed by atoms with Crippen LogP contribution in [0, 0.1) is 6.92 Å². The minimum absolute atomic E-state index is 0.403. The highest BCUT2D eigenvalue weighted by Gasteiger charge is 2.14. The van der Waals surface area contributed by atoms with E-state index in [1.54, 1.807) is 0 Å². The maximum atomic E-state index is 5.94. The van der Waals surface area contributed by atoms with Gasteiger partial charge >= 0.3 is 0 Å². The van der Waals surface area contributed by atoms with Gasteiger partial charge in [0.25, 0.3) is 0 Å². The second-order valence-electron chi connectivity index (χ2n) is 5.88. The summed E-state index contributed by atoms with van der Waals surface area (Å²) in [6.45, 7) is 9.94. The molecule has 20 heavy (non-hydrogen) atoms. The minimum Gasteiger partial charge on any atom is -0.492 e. The molecule has 1 aliphatic heterocycles. The summed E-state index contributed by atoms with van der Waals surface area (Å²) in [4.78, 5) is 0. The zero-order valence-electron chi connectivity index (χ0n) is 12.9. The lowest BCUT2D eigenvalue weighted by molar-refractivity contribution is 0.109. The second-order valence-corrected chi connectivity index (χ2v) is 5.88. The molecule has 3 heteroatoms. The first-order valence-electron chi connectivity index (χ1n) is 7.72. The number of hydrogen-bond acceptors (Lipinski definition) is 3. The Bertz CT molecular complexity index is 411. The van der Waals surface area contributed by atoms with Crippen LogP contribution in [-0.4, -0.2) is 32.4 Å². The van der Waals surface area contributed by atoms with E-state index in [1.807, 2.05) is 0 Å². The number of ether oxygens (including phenoxy) is 2. The monoisotopic (exact) mass is 277 g/mol. The minimum atomic E-state index is 0.403. The van der Waals surface area contributed by atoms with E-state index in [2.05, 4.69) is 44.3 Å². The van der Waals surface area contributed by atoms with Crippen molar-refractivity contribution in [2.75, 3.05) is 26.3 Å². The van der Waals surface area contributed by atoms with Crippen molar-refractivity contribution in [2.24, 2.45) is 0 Å². The topological polar surface area (TPSA) is 30.5 Å². The van der Waals surface area contributed by atoms with Crippen molar-refractivity contribution >= 4 is 0 Å². The summed E-state index contributed by atoms with van der Waals surface area (Å²) in [6.07, 6.45) is 2.79. The highest BCUT2D eigenvalue weighted by molar-refractivity contribution is 5.39. The van der Waals surface area contributed by atoms with Crippen LogP contribution in [0.25, 0.3) is 0 Å².